The van der Waals surface area contributed by atoms with Gasteiger partial charge in [-0.05, 0) is 12.1 Å². The number of aromatic hydroxyl groups is 1. The molecule has 0 atom stereocenters. The monoisotopic (exact) mass is 234 g/mol. The molecule has 0 bridgehead atoms. The molecule has 0 unspecified atom stereocenters. The van der Waals surface area contributed by atoms with Gasteiger partial charge in [0.2, 0.25) is 0 Å². The van der Waals surface area contributed by atoms with E-state index in [0.29, 0.717) is 5.69 Å². The Balaban J connectivity index is 3.06. The minimum Gasteiger partial charge on any atom is -0.508 e. The van der Waals surface area contributed by atoms with Crippen LogP contribution in [0.2, 0.25) is 0 Å². The smallest absolute Gasteiger partial charge is 0.154 e. The molecule has 0 radical (unpaired) electrons. The summed E-state index contributed by atoms with van der Waals surface area (Å²) in [6.07, 6.45) is 1.20. The second-order valence-electron chi connectivity index (χ2n) is 3.35. The van der Waals surface area contributed by atoms with Crippen LogP contribution in [-0.2, 0) is 0 Å². The van der Waals surface area contributed by atoms with Crippen LogP contribution in [0.3, 0.4) is 0 Å². The number of nitrogen functional groups attached to an aromatic ring is 1. The van der Waals surface area contributed by atoms with Crippen LogP contribution in [0.4, 0.5) is 5.69 Å². The zero-order chi connectivity index (χ0) is 13.0. The minimum atomic E-state index is -0.231. The Hall–Kier alpha value is -2.56. The molecular formula is C12H14N2O3. The van der Waals surface area contributed by atoms with Gasteiger partial charge in [0.15, 0.2) is 11.5 Å². The summed E-state index contributed by atoms with van der Waals surface area (Å²) in [5.41, 5.74) is 11.5. The number of phenolic OH excluding ortho intramolecular Hbond substituents is 1. The van der Waals surface area contributed by atoms with Gasteiger partial charge in [-0.1, -0.05) is 13.2 Å². The lowest BCUT2D eigenvalue weighted by molar-refractivity contribution is 0.406. The Kier molecular flexibility index (Phi) is 3.66. The highest BCUT2D eigenvalue weighted by Crippen LogP contribution is 2.28. The van der Waals surface area contributed by atoms with Crippen LogP contribution in [-0.4, -0.2) is 10.2 Å². The lowest BCUT2D eigenvalue weighted by Gasteiger charge is -2.11. The lowest BCUT2D eigenvalue weighted by Crippen LogP contribution is -2.07. The summed E-state index contributed by atoms with van der Waals surface area (Å²) < 4.78 is 5.33. The second-order valence-corrected chi connectivity index (χ2v) is 3.35. The van der Waals surface area contributed by atoms with Crippen molar-refractivity contribution < 1.29 is 14.9 Å². The molecule has 90 valence electrons. The first-order valence-electron chi connectivity index (χ1n) is 4.71. The molecule has 1 aromatic carbocycles. The van der Waals surface area contributed by atoms with Crippen LogP contribution >= 0.6 is 0 Å². The number of aliphatic hydroxyl groups is 1. The molecule has 5 nitrogen and oxygen atoms in total. The number of aliphatic hydroxyl groups excluding tert-OH is 1. The van der Waals surface area contributed by atoms with Gasteiger partial charge in [0, 0.05) is 12.1 Å². The Morgan fingerprint density at radius 1 is 1.35 bits per heavy atom. The third-order valence-corrected chi connectivity index (χ3v) is 1.83. The SMILES string of the molecule is C=C(O)/C=C(/Oc1cc(O)ccc1N)C(=C)N. The van der Waals surface area contributed by atoms with Crippen molar-refractivity contribution in [1.29, 1.82) is 0 Å². The summed E-state index contributed by atoms with van der Waals surface area (Å²) in [6.45, 7) is 6.77. The lowest BCUT2D eigenvalue weighted by atomic mass is 10.2. The number of nitrogens with two attached hydrogens (primary N) is 2. The predicted octanol–water partition coefficient (Wildman–Crippen LogP) is 1.78. The van der Waals surface area contributed by atoms with E-state index in [9.17, 15) is 5.11 Å². The maximum atomic E-state index is 9.30. The van der Waals surface area contributed by atoms with E-state index >= 15 is 0 Å². The maximum Gasteiger partial charge on any atom is 0.154 e. The topological polar surface area (TPSA) is 102 Å². The zero-order valence-electron chi connectivity index (χ0n) is 9.18. The summed E-state index contributed by atoms with van der Waals surface area (Å²) in [5.74, 6) is 0.0863. The van der Waals surface area contributed by atoms with Crippen molar-refractivity contribution in [3.8, 4) is 11.5 Å². The molecule has 0 spiro atoms. The number of benzene rings is 1. The second kappa shape index (κ2) is 4.98. The fourth-order valence-corrected chi connectivity index (χ4v) is 1.07. The molecule has 0 aliphatic carbocycles. The average molecular weight is 234 g/mol. The Morgan fingerprint density at radius 3 is 2.53 bits per heavy atom. The van der Waals surface area contributed by atoms with Crippen molar-refractivity contribution >= 4 is 5.69 Å². The number of anilines is 1. The van der Waals surface area contributed by atoms with Gasteiger partial charge >= 0.3 is 0 Å². The van der Waals surface area contributed by atoms with Crippen LogP contribution in [0.5, 0.6) is 11.5 Å². The molecule has 0 amide bonds. The van der Waals surface area contributed by atoms with Crippen molar-refractivity contribution in [2.45, 2.75) is 0 Å². The number of ether oxygens (including phenoxy) is 1. The molecule has 0 saturated carbocycles. The number of rotatable bonds is 4. The van der Waals surface area contributed by atoms with E-state index in [4.69, 9.17) is 21.3 Å². The molecule has 1 aromatic rings. The normalized spacial score (nSPS) is 10.9. The van der Waals surface area contributed by atoms with Crippen LogP contribution in [0, 0.1) is 0 Å². The number of hydrogen-bond acceptors (Lipinski definition) is 5. The van der Waals surface area contributed by atoms with E-state index < -0.39 is 0 Å². The molecule has 1 rings (SSSR count). The molecule has 5 heteroatoms. The molecule has 17 heavy (non-hydrogen) atoms. The molecule has 0 aliphatic rings. The van der Waals surface area contributed by atoms with Gasteiger partial charge in [-0.2, -0.15) is 0 Å². The summed E-state index contributed by atoms with van der Waals surface area (Å²) in [6, 6.07) is 4.23. The highest BCUT2D eigenvalue weighted by molar-refractivity contribution is 5.56. The average Bonchev–Trinajstić information content (AvgIpc) is 2.21. The summed E-state index contributed by atoms with van der Waals surface area (Å²) in [7, 11) is 0. The van der Waals surface area contributed by atoms with E-state index in [-0.39, 0.29) is 28.7 Å². The van der Waals surface area contributed by atoms with Gasteiger partial charge in [-0.25, -0.2) is 0 Å². The molecule has 0 fully saturated rings. The Morgan fingerprint density at radius 2 is 2.00 bits per heavy atom. The van der Waals surface area contributed by atoms with Crippen LogP contribution in [0.1, 0.15) is 0 Å². The number of phenols is 1. The summed E-state index contributed by atoms with van der Waals surface area (Å²) >= 11 is 0. The van der Waals surface area contributed by atoms with Crippen molar-refractivity contribution in [2.75, 3.05) is 5.73 Å². The van der Waals surface area contributed by atoms with Crippen LogP contribution in [0.25, 0.3) is 0 Å². The van der Waals surface area contributed by atoms with Gasteiger partial charge in [-0.15, -0.1) is 0 Å². The highest BCUT2D eigenvalue weighted by Gasteiger charge is 2.07. The van der Waals surface area contributed by atoms with E-state index in [1.54, 1.807) is 0 Å². The molecule has 0 heterocycles. The summed E-state index contributed by atoms with van der Waals surface area (Å²) in [5, 5.41) is 18.3. The fraction of sp³-hybridized carbons (Fsp3) is 0. The van der Waals surface area contributed by atoms with Crippen molar-refractivity contribution in [2.24, 2.45) is 5.73 Å². The van der Waals surface area contributed by atoms with Crippen LogP contribution in [0.15, 0.2) is 54.6 Å². The van der Waals surface area contributed by atoms with E-state index in [1.807, 2.05) is 0 Å². The molecule has 0 aliphatic heterocycles. The largest absolute Gasteiger partial charge is 0.508 e. The Bertz CT molecular complexity index is 493. The van der Waals surface area contributed by atoms with Gasteiger partial charge < -0.3 is 26.4 Å². The number of allylic oxidation sites excluding steroid dienone is 1. The van der Waals surface area contributed by atoms with Gasteiger partial charge in [0.25, 0.3) is 0 Å². The summed E-state index contributed by atoms with van der Waals surface area (Å²) in [4.78, 5) is 0. The maximum absolute atomic E-state index is 9.30. The van der Waals surface area contributed by atoms with Crippen molar-refractivity contribution in [3.05, 3.63) is 54.6 Å². The number of hydrogen-bond donors (Lipinski definition) is 4. The van der Waals surface area contributed by atoms with Crippen molar-refractivity contribution in [3.63, 3.8) is 0 Å². The van der Waals surface area contributed by atoms with Crippen LogP contribution < -0.4 is 16.2 Å². The highest BCUT2D eigenvalue weighted by atomic mass is 16.5. The standard InChI is InChI=1S/C12H14N2O3/c1-7(15)5-11(8(2)13)17-12-6-9(16)3-4-10(12)14/h3-6,15-16H,1-2,13-14H2/b11-5+. The van der Waals surface area contributed by atoms with Gasteiger partial charge in [0.1, 0.15) is 11.5 Å². The Labute approximate surface area is 98.9 Å². The first-order valence-corrected chi connectivity index (χ1v) is 4.71. The first-order chi connectivity index (χ1) is 7.90. The van der Waals surface area contributed by atoms with E-state index in [1.165, 1.54) is 24.3 Å². The molecule has 0 saturated heterocycles. The third kappa shape index (κ3) is 3.49. The van der Waals surface area contributed by atoms with E-state index in [0.717, 1.165) is 0 Å². The van der Waals surface area contributed by atoms with Gasteiger partial charge in [-0.3, -0.25) is 0 Å². The minimum absolute atomic E-state index is 0.000918. The van der Waals surface area contributed by atoms with Gasteiger partial charge in [0.05, 0.1) is 11.4 Å². The zero-order valence-corrected chi connectivity index (χ0v) is 9.18. The van der Waals surface area contributed by atoms with Crippen molar-refractivity contribution in [1.82, 2.24) is 0 Å². The molecule has 6 N–H and O–H groups in total. The first kappa shape index (κ1) is 12.5. The third-order valence-electron chi connectivity index (χ3n) is 1.83. The quantitative estimate of drug-likeness (QED) is 0.275. The fourth-order valence-electron chi connectivity index (χ4n) is 1.07. The molecule has 0 aromatic heterocycles. The molecular weight excluding hydrogens is 220 g/mol. The predicted molar refractivity (Wildman–Crippen MR) is 66.3 cm³/mol. The van der Waals surface area contributed by atoms with E-state index in [2.05, 4.69) is 13.2 Å².